The number of nitrogens with zero attached hydrogens (tertiary/aromatic N) is 18. The van der Waals surface area contributed by atoms with Crippen molar-refractivity contribution in [3.05, 3.63) is 157 Å². The van der Waals surface area contributed by atoms with E-state index in [0.29, 0.717) is 129 Å². The van der Waals surface area contributed by atoms with E-state index in [1.807, 2.05) is 21.3 Å². The van der Waals surface area contributed by atoms with Gasteiger partial charge < -0.3 is 49.0 Å². The Bertz CT molecular complexity index is 6870. The van der Waals surface area contributed by atoms with Crippen molar-refractivity contribution in [2.45, 2.75) is 201 Å². The van der Waals surface area contributed by atoms with Crippen LogP contribution in [0.25, 0.3) is 44.1 Å². The smallest absolute Gasteiger partial charge is 0.354 e. The van der Waals surface area contributed by atoms with Gasteiger partial charge in [-0.3, -0.25) is 40.0 Å². The predicted molar refractivity (Wildman–Crippen MR) is 461 cm³/mol. The molecule has 0 saturated heterocycles. The van der Waals surface area contributed by atoms with E-state index in [9.17, 15) is 91.2 Å². The summed E-state index contributed by atoms with van der Waals surface area (Å²) in [6, 6.07) is 20.7. The second-order valence-electron chi connectivity index (χ2n) is 33.4. The van der Waals surface area contributed by atoms with Crippen LogP contribution in [0.3, 0.4) is 0 Å². The van der Waals surface area contributed by atoms with Crippen molar-refractivity contribution in [3.8, 4) is 0 Å². The first kappa shape index (κ1) is 92.3. The van der Waals surface area contributed by atoms with Gasteiger partial charge in [0.05, 0.1) is 44.5 Å². The van der Waals surface area contributed by atoms with Crippen LogP contribution in [0.15, 0.2) is 154 Å². The molecular weight excluding hydrogens is 1830 g/mol. The SMILES string of the molecule is COC1c2cc3cnc(Nc4ccc(S(N)(=O)=O)cn4)nc3n2C2(CCCCC2)C(=O)N1O.COC1c2cc3cnc(Nc4ccc(S(N)(=O)=O)nc4)nc3n2C2(CCCCC2)C(=O)N1O.NS(=O)(=O)c1ccc(Nc2ncc3cc4n(c3n2)C2(CCCCC2)C(=O)N(O)C4C(F)(F)F)cc1.NS(=O)(=O)c1ccc(Nc2ncc3cc4n(c3n2)C2(CCCCC2)C(=O)N(O)C4F)cc1. The second-order valence-corrected chi connectivity index (χ2v) is 39.6. The number of anilines is 8. The number of ether oxygens (including phenoxy) is 2. The maximum atomic E-state index is 14.9. The molecule has 4 unspecified atom stereocenters. The van der Waals surface area contributed by atoms with Gasteiger partial charge in [-0.1, -0.05) is 77.0 Å². The normalized spacial score (nSPS) is 20.3. The van der Waals surface area contributed by atoms with Gasteiger partial charge in [0.2, 0.25) is 60.2 Å². The summed E-state index contributed by atoms with van der Waals surface area (Å²) >= 11 is 0. The number of alkyl halides is 4. The maximum Gasteiger partial charge on any atom is 0.417 e. The lowest BCUT2D eigenvalue weighted by atomic mass is 9.78. The number of nitrogens with two attached hydrogens (primary N) is 4. The molecule has 12 aromatic rings. The summed E-state index contributed by atoms with van der Waals surface area (Å²) in [4.78, 5) is 95.8. The van der Waals surface area contributed by atoms with E-state index in [1.54, 1.807) is 23.0 Å². The Labute approximate surface area is 753 Å². The van der Waals surface area contributed by atoms with Crippen LogP contribution in [0.1, 0.15) is 176 Å². The van der Waals surface area contributed by atoms with Crippen molar-refractivity contribution in [3.63, 3.8) is 0 Å². The number of fused-ring (bicyclic) bond motifs is 16. The Kier molecular flexibility index (Phi) is 24.1. The lowest BCUT2D eigenvalue weighted by Gasteiger charge is -2.46. The summed E-state index contributed by atoms with van der Waals surface area (Å²) in [6.45, 7) is 0. The summed E-state index contributed by atoms with van der Waals surface area (Å²) < 4.78 is 166. The summed E-state index contributed by atoms with van der Waals surface area (Å²) in [5.41, 5.74) is -0.206. The quantitative estimate of drug-likeness (QED) is 0.0274. The van der Waals surface area contributed by atoms with Gasteiger partial charge in [0.25, 0.3) is 33.7 Å². The van der Waals surface area contributed by atoms with Crippen molar-refractivity contribution >= 4 is 155 Å². The standard InChI is InChI=1S/C21H21F3N6O4S.C20H21FN6O4S.2C20H23N7O5S/c22-21(23,24)16-15-10-12-11-26-19(27-13-4-6-14(7-5-13)35(25,33)34)28-17(12)29(15)20(18(31)30(16)32)8-2-1-3-9-20;21-16-15-10-12-11-23-19(24-13-4-6-14(7-5-13)32(22,30)31)25-17(12)26(15)20(18(28)27(16)29)8-2-1-3-9-20;1-32-17-14-9-12-10-23-19(24-15-6-5-13(11-22-15)33(21,30)31)25-16(12)26(14)20(18(28)27(17)29)7-3-2-4-8-20;1-32-17-14-9-12-10-23-19(24-13-5-6-15(22-11-13)33(21,30)31)25-16(12)26(14)20(18(28)27(17)29)7-3-2-4-8-20/h4-7,10-11,16,32H,1-3,8-9H2,(H2,25,33,34)(H,26,27,28);4-7,10-11,16,29H,1-3,8-9H2,(H2,22,30,31)(H,23,24,25);5-6,9-11,17,29H,2-4,7-8H2,1H3,(H2,21,30,31)(H,22,23,24,25);5-6,9-11,17,29H,2-4,7-8H2,1H3,(H2,21,30,31)(H,23,24,25). The van der Waals surface area contributed by atoms with Crippen LogP contribution in [-0.2, 0) is 90.9 Å². The first-order valence-corrected chi connectivity index (χ1v) is 48.0. The van der Waals surface area contributed by atoms with Crippen LogP contribution >= 0.6 is 0 Å². The van der Waals surface area contributed by atoms with E-state index in [-0.39, 0.29) is 88.9 Å². The van der Waals surface area contributed by atoms with Crippen LogP contribution in [-0.4, -0.2) is 187 Å². The third-order valence-corrected chi connectivity index (χ3v) is 28.9. The molecule has 44 nitrogen and oxygen atoms in total. The van der Waals surface area contributed by atoms with Gasteiger partial charge in [0.15, 0.2) is 23.5 Å². The number of primary sulfonamides is 4. The largest absolute Gasteiger partial charge is 0.417 e. The molecule has 133 heavy (non-hydrogen) atoms. The average Bonchev–Trinajstić information content (AvgIpc) is 1.60. The Morgan fingerprint density at radius 1 is 0.368 bits per heavy atom. The first-order valence-electron chi connectivity index (χ1n) is 41.8. The van der Waals surface area contributed by atoms with E-state index < -0.39 is 117 Å². The van der Waals surface area contributed by atoms with E-state index in [4.69, 9.17) is 30.0 Å². The number of benzene rings is 2. The first-order chi connectivity index (χ1) is 63.1. The van der Waals surface area contributed by atoms with Crippen molar-refractivity contribution in [2.24, 2.45) is 20.6 Å². The molecule has 2 aromatic carbocycles. The van der Waals surface area contributed by atoms with Crippen molar-refractivity contribution in [2.75, 3.05) is 35.5 Å². The van der Waals surface area contributed by atoms with Crippen LogP contribution in [0.5, 0.6) is 0 Å². The van der Waals surface area contributed by atoms with E-state index in [2.05, 4.69) is 71.1 Å². The zero-order valence-electron chi connectivity index (χ0n) is 70.7. The molecule has 14 heterocycles. The summed E-state index contributed by atoms with van der Waals surface area (Å²) in [7, 11) is -12.6. The number of hydrogen-bond acceptors (Lipinski definition) is 32. The van der Waals surface area contributed by atoms with Crippen molar-refractivity contribution < 1.29 is 101 Å². The molecule has 4 saturated carbocycles. The van der Waals surface area contributed by atoms with E-state index in [1.165, 1.54) is 116 Å². The average molecular weight is 1920 g/mol. The third-order valence-electron chi connectivity index (χ3n) is 25.3. The summed E-state index contributed by atoms with van der Waals surface area (Å²) in [6.07, 6.45) is 13.6. The highest BCUT2D eigenvalue weighted by molar-refractivity contribution is 7.90. The summed E-state index contributed by atoms with van der Waals surface area (Å²) in [5, 5.41) is 77.3. The molecule has 8 aliphatic rings. The molecule has 16 N–H and O–H groups in total. The maximum absolute atomic E-state index is 14.9. The fourth-order valence-electron chi connectivity index (χ4n) is 19.2. The van der Waals surface area contributed by atoms with Crippen molar-refractivity contribution in [1.29, 1.82) is 0 Å². The number of halogens is 4. The van der Waals surface area contributed by atoms with Gasteiger partial charge in [-0.2, -0.15) is 48.3 Å². The van der Waals surface area contributed by atoms with Crippen LogP contribution in [0.4, 0.5) is 64.2 Å². The fourth-order valence-corrected chi connectivity index (χ4v) is 21.2. The molecule has 10 aromatic heterocycles. The summed E-state index contributed by atoms with van der Waals surface area (Å²) in [5.74, 6) is -1.46. The number of amides is 4. The zero-order valence-corrected chi connectivity index (χ0v) is 73.9. The number of aromatic nitrogens is 14. The van der Waals surface area contributed by atoms with Gasteiger partial charge in [-0.05, 0) is 148 Å². The van der Waals surface area contributed by atoms with E-state index in [0.717, 1.165) is 70.4 Å². The molecule has 702 valence electrons. The molecule has 52 heteroatoms. The molecule has 0 bridgehead atoms. The minimum atomic E-state index is -4.91. The Morgan fingerprint density at radius 2 is 0.684 bits per heavy atom. The van der Waals surface area contributed by atoms with E-state index >= 15 is 0 Å². The molecule has 4 spiro atoms. The van der Waals surface area contributed by atoms with Crippen LogP contribution in [0.2, 0.25) is 0 Å². The number of pyridine rings is 2. The minimum absolute atomic E-state index is 0.0274. The number of carbonyl (C=O) groups excluding carboxylic acids is 4. The molecule has 4 amide bonds. The molecule has 20 rings (SSSR count). The Balaban J connectivity index is 0.000000124. The highest BCUT2D eigenvalue weighted by Crippen LogP contribution is 2.54. The lowest BCUT2D eigenvalue weighted by molar-refractivity contribution is -0.263. The van der Waals surface area contributed by atoms with Gasteiger partial charge in [-0.25, -0.2) is 93.6 Å². The number of hydrogen-bond donors (Lipinski definition) is 12. The minimum Gasteiger partial charge on any atom is -0.354 e. The van der Waals surface area contributed by atoms with Crippen LogP contribution in [0, 0.1) is 0 Å². The molecular formula is C81H88F4N26O18S4. The molecule has 0 radical (unpaired) electrons. The lowest BCUT2D eigenvalue weighted by Crippen LogP contribution is -2.59. The van der Waals surface area contributed by atoms with Crippen molar-refractivity contribution in [1.82, 2.24) is 88.4 Å². The monoisotopic (exact) mass is 1920 g/mol. The third kappa shape index (κ3) is 16.8. The highest BCUT2D eigenvalue weighted by Gasteiger charge is 2.61. The second kappa shape index (κ2) is 34.8. The molecule has 4 aliphatic heterocycles. The molecule has 4 atom stereocenters. The number of sulfonamides is 4. The zero-order chi connectivity index (χ0) is 94.6. The number of hydroxylamine groups is 8. The number of rotatable bonds is 14. The Hall–Kier alpha value is -12.6. The fraction of sp³-hybridized carbons (Fsp3) is 0.383. The molecule has 4 aliphatic carbocycles. The predicted octanol–water partition coefficient (Wildman–Crippen LogP) is 9.50. The van der Waals surface area contributed by atoms with Gasteiger partial charge >= 0.3 is 6.18 Å². The van der Waals surface area contributed by atoms with Gasteiger partial charge in [0, 0.05) is 78.1 Å². The number of carbonyl (C=O) groups is 4. The number of nitrogens with one attached hydrogen (secondary N) is 4. The van der Waals surface area contributed by atoms with Gasteiger partial charge in [-0.15, -0.1) is 0 Å². The van der Waals surface area contributed by atoms with Crippen LogP contribution < -0.4 is 41.8 Å². The van der Waals surface area contributed by atoms with Gasteiger partial charge in [0.1, 0.15) is 55.5 Å². The Morgan fingerprint density at radius 3 is 1.02 bits per heavy atom. The number of methoxy groups -OCH3 is 2. The topological polar surface area (TPSA) is 618 Å². The highest BCUT2D eigenvalue weighted by atomic mass is 32.2. The molecule has 4 fully saturated rings.